The number of rotatable bonds is 5. The van der Waals surface area contributed by atoms with Crippen molar-refractivity contribution < 1.29 is 9.53 Å². The zero-order valence-corrected chi connectivity index (χ0v) is 17.2. The molecule has 1 N–H and O–H groups in total. The lowest BCUT2D eigenvalue weighted by molar-refractivity contribution is 0.0332. The molecular formula is C22H27N5O2. The minimum atomic E-state index is -0.109. The fourth-order valence-electron chi connectivity index (χ4n) is 3.95. The van der Waals surface area contributed by atoms with Crippen molar-refractivity contribution in [3.05, 3.63) is 58.9 Å². The van der Waals surface area contributed by atoms with E-state index in [1.165, 1.54) is 0 Å². The lowest BCUT2D eigenvalue weighted by Gasteiger charge is -2.31. The summed E-state index contributed by atoms with van der Waals surface area (Å²) in [6.45, 7) is 7.78. The highest BCUT2D eigenvalue weighted by Gasteiger charge is 2.23. The van der Waals surface area contributed by atoms with Crippen molar-refractivity contribution in [2.24, 2.45) is 7.05 Å². The van der Waals surface area contributed by atoms with Gasteiger partial charge in [-0.2, -0.15) is 5.10 Å². The van der Waals surface area contributed by atoms with Crippen LogP contribution in [0.1, 0.15) is 33.4 Å². The highest BCUT2D eigenvalue weighted by molar-refractivity contribution is 6.06. The van der Waals surface area contributed by atoms with Gasteiger partial charge in [0.2, 0.25) is 0 Å². The number of aryl methyl sites for hydroxylation is 3. The highest BCUT2D eigenvalue weighted by atomic mass is 16.5. The Labute approximate surface area is 170 Å². The lowest BCUT2D eigenvalue weighted by atomic mass is 10.0. The Hall–Kier alpha value is -2.77. The second kappa shape index (κ2) is 8.31. The Kier molecular flexibility index (Phi) is 5.60. The normalized spacial score (nSPS) is 16.1. The van der Waals surface area contributed by atoms with Crippen molar-refractivity contribution in [2.75, 3.05) is 32.8 Å². The minimum absolute atomic E-state index is 0.0984. The molecule has 1 fully saturated rings. The first kappa shape index (κ1) is 19.5. The number of aromatic nitrogens is 3. The summed E-state index contributed by atoms with van der Waals surface area (Å²) in [7, 11) is 1.86. The van der Waals surface area contributed by atoms with Gasteiger partial charge in [0.1, 0.15) is 0 Å². The SMILES string of the molecule is Cc1cc(C(=O)NC(CN2CCOCC2)c2ccccc2)c2c(C)nn(C)c2n1. The van der Waals surface area contributed by atoms with Crippen LogP contribution in [0, 0.1) is 13.8 Å². The van der Waals surface area contributed by atoms with Crippen LogP contribution in [0.25, 0.3) is 11.0 Å². The first-order valence-electron chi connectivity index (χ1n) is 10.00. The molecule has 4 rings (SSSR count). The molecule has 3 aromatic rings. The number of carbonyl (C=O) groups is 1. The van der Waals surface area contributed by atoms with E-state index in [-0.39, 0.29) is 11.9 Å². The van der Waals surface area contributed by atoms with Gasteiger partial charge in [0.05, 0.1) is 35.9 Å². The molecule has 7 heteroatoms. The van der Waals surface area contributed by atoms with E-state index >= 15 is 0 Å². The molecule has 1 atom stereocenters. The van der Waals surface area contributed by atoms with Gasteiger partial charge in [0.15, 0.2) is 5.65 Å². The van der Waals surface area contributed by atoms with Gasteiger partial charge >= 0.3 is 0 Å². The van der Waals surface area contributed by atoms with E-state index in [9.17, 15) is 4.79 Å². The molecule has 0 radical (unpaired) electrons. The molecule has 1 unspecified atom stereocenters. The Morgan fingerprint density at radius 1 is 1.21 bits per heavy atom. The number of nitrogens with one attached hydrogen (secondary N) is 1. The summed E-state index contributed by atoms with van der Waals surface area (Å²) in [6, 6.07) is 11.9. The summed E-state index contributed by atoms with van der Waals surface area (Å²) in [5, 5.41) is 8.54. The van der Waals surface area contributed by atoms with E-state index in [1.54, 1.807) is 4.68 Å². The predicted molar refractivity (Wildman–Crippen MR) is 112 cm³/mol. The van der Waals surface area contributed by atoms with Gasteiger partial charge in [0, 0.05) is 32.4 Å². The summed E-state index contributed by atoms with van der Waals surface area (Å²) in [5.74, 6) is -0.0984. The fraction of sp³-hybridized carbons (Fsp3) is 0.409. The first-order chi connectivity index (χ1) is 14.0. The van der Waals surface area contributed by atoms with Crippen LogP contribution in [0.5, 0.6) is 0 Å². The van der Waals surface area contributed by atoms with E-state index in [2.05, 4.69) is 32.4 Å². The monoisotopic (exact) mass is 393 g/mol. The van der Waals surface area contributed by atoms with Gasteiger partial charge in [-0.3, -0.25) is 14.4 Å². The average Bonchev–Trinajstić information content (AvgIpc) is 3.01. The van der Waals surface area contributed by atoms with E-state index in [0.717, 1.165) is 60.8 Å². The molecule has 152 valence electrons. The van der Waals surface area contributed by atoms with Crippen molar-refractivity contribution in [2.45, 2.75) is 19.9 Å². The molecule has 2 aromatic heterocycles. The molecule has 1 aliphatic rings. The highest BCUT2D eigenvalue weighted by Crippen LogP contribution is 2.23. The lowest BCUT2D eigenvalue weighted by Crippen LogP contribution is -2.43. The smallest absolute Gasteiger partial charge is 0.252 e. The third kappa shape index (κ3) is 4.16. The van der Waals surface area contributed by atoms with Gasteiger partial charge in [-0.25, -0.2) is 4.98 Å². The van der Waals surface area contributed by atoms with Crippen LogP contribution in [-0.4, -0.2) is 58.4 Å². The van der Waals surface area contributed by atoms with Crippen LogP contribution in [0.2, 0.25) is 0 Å². The Morgan fingerprint density at radius 3 is 2.66 bits per heavy atom. The summed E-state index contributed by atoms with van der Waals surface area (Å²) in [5.41, 5.74) is 4.06. The quantitative estimate of drug-likeness (QED) is 0.721. The van der Waals surface area contributed by atoms with Crippen molar-refractivity contribution in [3.63, 3.8) is 0 Å². The van der Waals surface area contributed by atoms with Crippen LogP contribution in [0.15, 0.2) is 36.4 Å². The number of carbonyl (C=O) groups excluding carboxylic acids is 1. The zero-order chi connectivity index (χ0) is 20.4. The van der Waals surface area contributed by atoms with Gasteiger partial charge < -0.3 is 10.1 Å². The number of nitrogens with zero attached hydrogens (tertiary/aromatic N) is 4. The molecule has 0 saturated carbocycles. The summed E-state index contributed by atoms with van der Waals surface area (Å²) in [4.78, 5) is 20.3. The maximum absolute atomic E-state index is 13.4. The summed E-state index contributed by atoms with van der Waals surface area (Å²) < 4.78 is 7.20. The topological polar surface area (TPSA) is 72.3 Å². The van der Waals surface area contributed by atoms with Crippen molar-refractivity contribution in [1.29, 1.82) is 0 Å². The second-order valence-electron chi connectivity index (χ2n) is 7.57. The molecule has 0 bridgehead atoms. The standard InChI is InChI=1S/C22H27N5O2/c1-15-13-18(20-16(2)25-26(3)21(20)23-15)22(28)24-19(17-7-5-4-6-8-17)14-27-9-11-29-12-10-27/h4-8,13,19H,9-12,14H2,1-3H3,(H,24,28). The van der Waals surface area contributed by atoms with E-state index < -0.39 is 0 Å². The maximum Gasteiger partial charge on any atom is 0.252 e. The van der Waals surface area contributed by atoms with Crippen molar-refractivity contribution in [3.8, 4) is 0 Å². The Bertz CT molecular complexity index is 1010. The van der Waals surface area contributed by atoms with E-state index in [1.807, 2.05) is 45.2 Å². The largest absolute Gasteiger partial charge is 0.379 e. The number of benzene rings is 1. The van der Waals surface area contributed by atoms with Crippen molar-refractivity contribution >= 4 is 16.9 Å². The zero-order valence-electron chi connectivity index (χ0n) is 17.2. The summed E-state index contributed by atoms with van der Waals surface area (Å²) >= 11 is 0. The van der Waals surface area contributed by atoms with Gasteiger partial charge in [0.25, 0.3) is 5.91 Å². The van der Waals surface area contributed by atoms with E-state index in [0.29, 0.717) is 5.56 Å². The molecule has 1 aromatic carbocycles. The number of amides is 1. The molecule has 1 aliphatic heterocycles. The summed E-state index contributed by atoms with van der Waals surface area (Å²) in [6.07, 6.45) is 0. The Balaban J connectivity index is 1.65. The molecule has 0 aliphatic carbocycles. The molecule has 7 nitrogen and oxygen atoms in total. The third-order valence-corrected chi connectivity index (χ3v) is 5.39. The van der Waals surface area contributed by atoms with Crippen LogP contribution >= 0.6 is 0 Å². The van der Waals surface area contributed by atoms with E-state index in [4.69, 9.17) is 4.74 Å². The minimum Gasteiger partial charge on any atom is -0.379 e. The van der Waals surface area contributed by atoms with Crippen LogP contribution in [0.4, 0.5) is 0 Å². The number of morpholine rings is 1. The number of hydrogen-bond donors (Lipinski definition) is 1. The number of pyridine rings is 1. The molecule has 1 amide bonds. The number of ether oxygens (including phenoxy) is 1. The maximum atomic E-state index is 13.4. The Morgan fingerprint density at radius 2 is 1.93 bits per heavy atom. The average molecular weight is 393 g/mol. The molecule has 3 heterocycles. The molecule has 0 spiro atoms. The molecule has 1 saturated heterocycles. The van der Waals surface area contributed by atoms with Gasteiger partial charge in [-0.05, 0) is 25.5 Å². The van der Waals surface area contributed by atoms with Crippen molar-refractivity contribution in [1.82, 2.24) is 25.0 Å². The van der Waals surface area contributed by atoms with Gasteiger partial charge in [-0.1, -0.05) is 30.3 Å². The predicted octanol–water partition coefficient (Wildman–Crippen LogP) is 2.39. The first-order valence-corrected chi connectivity index (χ1v) is 10.00. The number of hydrogen-bond acceptors (Lipinski definition) is 5. The van der Waals surface area contributed by atoms with Gasteiger partial charge in [-0.15, -0.1) is 0 Å². The third-order valence-electron chi connectivity index (χ3n) is 5.39. The van der Waals surface area contributed by atoms with Crippen LogP contribution < -0.4 is 5.32 Å². The number of fused-ring (bicyclic) bond motifs is 1. The van der Waals surface area contributed by atoms with Crippen LogP contribution in [-0.2, 0) is 11.8 Å². The molecule has 29 heavy (non-hydrogen) atoms. The fourth-order valence-corrected chi connectivity index (χ4v) is 3.95. The molecular weight excluding hydrogens is 366 g/mol. The van der Waals surface area contributed by atoms with Crippen LogP contribution in [0.3, 0.4) is 0 Å². The second-order valence-corrected chi connectivity index (χ2v) is 7.57.